The van der Waals surface area contributed by atoms with Gasteiger partial charge in [-0.15, -0.1) is 0 Å². The maximum atomic E-state index is 14.4. The number of primary amides is 2. The summed E-state index contributed by atoms with van der Waals surface area (Å²) in [5, 5.41) is 35.7. The lowest BCUT2D eigenvalue weighted by atomic mass is 9.96. The fourth-order valence-corrected chi connectivity index (χ4v) is 7.23. The number of aromatic hydroxyl groups is 1. The lowest BCUT2D eigenvalue weighted by molar-refractivity contribution is -0.136. The Morgan fingerprint density at radius 2 is 1.21 bits per heavy atom. The number of amides is 8. The third-order valence-electron chi connectivity index (χ3n) is 10.9. The molecule has 0 aliphatic carbocycles. The van der Waals surface area contributed by atoms with Gasteiger partial charge in [0.15, 0.2) is 5.96 Å². The molecule has 0 radical (unpaired) electrons. The quantitative estimate of drug-likeness (QED) is 0.0192. The van der Waals surface area contributed by atoms with E-state index < -0.39 is 102 Å². The topological polar surface area (TPSA) is 400 Å². The second kappa shape index (κ2) is 28.1. The van der Waals surface area contributed by atoms with E-state index in [2.05, 4.69) is 57.2 Å². The highest BCUT2D eigenvalue weighted by molar-refractivity contribution is 7.98. The van der Waals surface area contributed by atoms with E-state index in [4.69, 9.17) is 22.6 Å². The molecule has 2 aromatic heterocycles. The number of aromatic nitrogens is 4. The largest absolute Gasteiger partial charge is 0.508 e. The summed E-state index contributed by atoms with van der Waals surface area (Å²) in [4.78, 5) is 122. The van der Waals surface area contributed by atoms with Gasteiger partial charge in [-0.25, -0.2) is 9.97 Å². The van der Waals surface area contributed by atoms with Crippen LogP contribution in [0.4, 0.5) is 0 Å². The van der Waals surface area contributed by atoms with Gasteiger partial charge in [0.1, 0.15) is 42.0 Å². The van der Waals surface area contributed by atoms with Gasteiger partial charge in [0, 0.05) is 44.1 Å². The van der Waals surface area contributed by atoms with Crippen molar-refractivity contribution in [3.8, 4) is 5.75 Å². The van der Waals surface area contributed by atoms with Crippen LogP contribution in [0.15, 0.2) is 49.3 Å². The Morgan fingerprint density at radius 1 is 0.691 bits per heavy atom. The first-order valence-electron chi connectivity index (χ1n) is 22.0. The van der Waals surface area contributed by atoms with Gasteiger partial charge in [-0.3, -0.25) is 43.8 Å². The smallest absolute Gasteiger partial charge is 0.243 e. The van der Waals surface area contributed by atoms with Crippen LogP contribution in [0.1, 0.15) is 69.8 Å². The van der Waals surface area contributed by atoms with Crippen molar-refractivity contribution >= 4 is 65.0 Å². The van der Waals surface area contributed by atoms with Crippen molar-refractivity contribution in [3.05, 3.63) is 66.3 Å². The van der Waals surface area contributed by atoms with Crippen LogP contribution in [0.3, 0.4) is 0 Å². The maximum absolute atomic E-state index is 14.4. The maximum Gasteiger partial charge on any atom is 0.243 e. The van der Waals surface area contributed by atoms with E-state index in [9.17, 15) is 43.5 Å². The first-order chi connectivity index (χ1) is 32.3. The molecule has 0 spiro atoms. The van der Waals surface area contributed by atoms with Gasteiger partial charge in [-0.2, -0.15) is 11.8 Å². The van der Waals surface area contributed by atoms with Gasteiger partial charge < -0.3 is 69.5 Å². The van der Waals surface area contributed by atoms with Gasteiger partial charge in [-0.05, 0) is 54.9 Å². The van der Waals surface area contributed by atoms with Crippen LogP contribution in [0, 0.1) is 17.2 Å². The summed E-state index contributed by atoms with van der Waals surface area (Å²) in [5.41, 5.74) is 17.7. The summed E-state index contributed by atoms with van der Waals surface area (Å²) in [7, 11) is 0. The average Bonchev–Trinajstić information content (AvgIpc) is 4.02. The number of imidazole rings is 2. The van der Waals surface area contributed by atoms with E-state index in [0.717, 1.165) is 0 Å². The van der Waals surface area contributed by atoms with Crippen LogP contribution < -0.4 is 54.4 Å². The van der Waals surface area contributed by atoms with Crippen LogP contribution in [-0.2, 0) is 57.6 Å². The van der Waals surface area contributed by atoms with E-state index in [1.165, 1.54) is 54.9 Å². The zero-order chi connectivity index (χ0) is 50.3. The standard InChI is InChI=1S/C43H65N15O9S/c1-5-23(2)35(42(67)57-32(17-27-20-49-22-52-27)39(64)53-29(12-14-68-4)38(63)54-30(36(45)61)16-26-19-48-21-51-26)58-41(66)31(15-25-8-10-28(59)11-9-25)56-40(65)33(18-34(44)60)55-37(62)24(3)7-6-13-50-43(46)47/h8-11,19-24,29-33,35,59H,5-7,12-18H2,1-4H3,(H2,44,60)(H2,45,61)(H,48,51)(H,49,52)(H,53,64)(H,54,63)(H,55,62)(H,56,65)(H,57,67)(H,58,66)(H4,46,47,50)/t23-,24-,29-,30-,31-,32-,33-,35-/m0/s1. The number of nitrogens with one attached hydrogen (secondary N) is 10. The number of aromatic amines is 2. The number of carbonyl (C=O) groups excluding carboxylic acids is 8. The van der Waals surface area contributed by atoms with Gasteiger partial charge >= 0.3 is 0 Å². The van der Waals surface area contributed by atoms with Crippen molar-refractivity contribution in [3.63, 3.8) is 0 Å². The van der Waals surface area contributed by atoms with Gasteiger partial charge in [-0.1, -0.05) is 39.3 Å². The number of nitrogens with zero attached hydrogens (tertiary/aromatic N) is 2. The lowest BCUT2D eigenvalue weighted by Crippen LogP contribution is -2.61. The van der Waals surface area contributed by atoms with Crippen molar-refractivity contribution in [2.45, 2.75) is 108 Å². The number of hydrogen-bond donors (Lipinski definition) is 14. The Labute approximate surface area is 397 Å². The molecule has 0 fully saturated rings. The highest BCUT2D eigenvalue weighted by Crippen LogP contribution is 2.15. The van der Waals surface area contributed by atoms with E-state index in [1.807, 2.05) is 6.26 Å². The van der Waals surface area contributed by atoms with E-state index >= 15 is 0 Å². The molecule has 68 heavy (non-hydrogen) atoms. The Morgan fingerprint density at radius 3 is 1.75 bits per heavy atom. The molecular formula is C43H65N15O9S. The zero-order valence-electron chi connectivity index (χ0n) is 38.6. The summed E-state index contributed by atoms with van der Waals surface area (Å²) in [6.07, 6.45) is 8.00. The molecular weight excluding hydrogens is 903 g/mol. The second-order valence-corrected chi connectivity index (χ2v) is 17.3. The number of phenolic OH excluding ortho intramolecular Hbond substituents is 1. The number of nitrogens with two attached hydrogens (primary N) is 3. The molecule has 3 rings (SSSR count). The number of phenols is 1. The van der Waals surface area contributed by atoms with Crippen molar-refractivity contribution in [2.24, 2.45) is 29.0 Å². The first kappa shape index (κ1) is 55.1. The van der Waals surface area contributed by atoms with Crippen molar-refractivity contribution in [1.29, 1.82) is 5.41 Å². The summed E-state index contributed by atoms with van der Waals surface area (Å²) in [6, 6.07) is -2.13. The predicted octanol–water partition coefficient (Wildman–Crippen LogP) is -2.17. The number of hydrogen-bond acceptors (Lipinski definition) is 13. The molecule has 0 aliphatic heterocycles. The second-order valence-electron chi connectivity index (χ2n) is 16.3. The monoisotopic (exact) mass is 967 g/mol. The van der Waals surface area contributed by atoms with E-state index in [1.54, 1.807) is 27.0 Å². The van der Waals surface area contributed by atoms with Crippen molar-refractivity contribution < 1.29 is 43.5 Å². The lowest BCUT2D eigenvalue weighted by Gasteiger charge is -2.29. The third-order valence-corrected chi connectivity index (χ3v) is 11.5. The molecule has 25 heteroatoms. The van der Waals surface area contributed by atoms with Crippen molar-refractivity contribution in [2.75, 3.05) is 18.6 Å². The number of H-pyrrole nitrogens is 2. The van der Waals surface area contributed by atoms with Gasteiger partial charge in [0.25, 0.3) is 0 Å². The summed E-state index contributed by atoms with van der Waals surface area (Å²) in [5.74, 6) is -7.41. The molecule has 24 nitrogen and oxygen atoms in total. The summed E-state index contributed by atoms with van der Waals surface area (Å²) in [6.45, 7) is 5.40. The minimum Gasteiger partial charge on any atom is -0.508 e. The molecule has 0 aliphatic rings. The number of thioether (sulfide) groups is 1. The summed E-state index contributed by atoms with van der Waals surface area (Å²) >= 11 is 1.41. The van der Waals surface area contributed by atoms with Crippen LogP contribution >= 0.6 is 11.8 Å². The van der Waals surface area contributed by atoms with Crippen LogP contribution in [0.2, 0.25) is 0 Å². The van der Waals surface area contributed by atoms with Gasteiger partial charge in [0.05, 0.1) is 30.5 Å². The molecule has 1 aromatic carbocycles. The van der Waals surface area contributed by atoms with Crippen LogP contribution in [0.5, 0.6) is 5.75 Å². The summed E-state index contributed by atoms with van der Waals surface area (Å²) < 4.78 is 0. The molecule has 372 valence electrons. The Hall–Kier alpha value is -7.18. The first-order valence-corrected chi connectivity index (χ1v) is 23.4. The van der Waals surface area contributed by atoms with E-state index in [-0.39, 0.29) is 37.4 Å². The molecule has 2 heterocycles. The normalized spacial score (nSPS) is 14.5. The number of rotatable bonds is 30. The highest BCUT2D eigenvalue weighted by Gasteiger charge is 2.36. The minimum atomic E-state index is -1.50. The minimum absolute atomic E-state index is 0.0133. The fraction of sp³-hybridized carbons (Fsp3) is 0.512. The molecule has 8 amide bonds. The molecule has 0 bridgehead atoms. The Kier molecular flexibility index (Phi) is 22.8. The van der Waals surface area contributed by atoms with Gasteiger partial charge in [0.2, 0.25) is 47.3 Å². The Bertz CT molecular complexity index is 2140. The fourth-order valence-electron chi connectivity index (χ4n) is 6.76. The molecule has 0 saturated carbocycles. The van der Waals surface area contributed by atoms with Crippen LogP contribution in [0.25, 0.3) is 0 Å². The number of benzene rings is 1. The SMILES string of the molecule is CC[C@H](C)[C@H](NC(=O)[C@H](Cc1ccc(O)cc1)NC(=O)[C@H](CC(N)=O)NC(=O)[C@@H](C)CCCNC(=N)N)C(=O)N[C@@H](Cc1c[nH]cn1)C(=O)N[C@@H](CCSC)C(=O)N[C@@H](Cc1c[nH]cn1)C(N)=O. The predicted molar refractivity (Wildman–Crippen MR) is 252 cm³/mol. The molecule has 0 unspecified atom stereocenters. The number of carbonyl (C=O) groups is 8. The third kappa shape index (κ3) is 19.0. The number of guanidine groups is 1. The molecule has 8 atom stereocenters. The molecule has 17 N–H and O–H groups in total. The molecule has 0 saturated heterocycles. The average molecular weight is 968 g/mol. The van der Waals surface area contributed by atoms with Crippen molar-refractivity contribution in [1.82, 2.24) is 57.2 Å². The zero-order valence-corrected chi connectivity index (χ0v) is 39.4. The molecule has 3 aromatic rings. The van der Waals surface area contributed by atoms with E-state index in [0.29, 0.717) is 48.5 Å². The Balaban J connectivity index is 1.89. The van der Waals surface area contributed by atoms with Crippen LogP contribution in [-0.4, -0.2) is 133 Å². The highest BCUT2D eigenvalue weighted by atomic mass is 32.2.